The number of carbonyl (C=O) groups is 1. The predicted octanol–water partition coefficient (Wildman–Crippen LogP) is 2.91. The van der Waals surface area contributed by atoms with E-state index >= 15 is 0 Å². The highest BCUT2D eigenvalue weighted by Crippen LogP contribution is 2.26. The van der Waals surface area contributed by atoms with Gasteiger partial charge < -0.3 is 15.8 Å². The highest BCUT2D eigenvalue weighted by atomic mass is 19.2. The maximum atomic E-state index is 13.5. The van der Waals surface area contributed by atoms with E-state index in [4.69, 9.17) is 10.5 Å². The van der Waals surface area contributed by atoms with Crippen LogP contribution in [0.5, 0.6) is 0 Å². The van der Waals surface area contributed by atoms with Gasteiger partial charge in [-0.2, -0.15) is 0 Å². The van der Waals surface area contributed by atoms with Crippen LogP contribution < -0.4 is 11.1 Å². The van der Waals surface area contributed by atoms with Crippen LogP contribution in [0.4, 0.5) is 26.7 Å². The van der Waals surface area contributed by atoms with Crippen LogP contribution in [0.15, 0.2) is 0 Å². The molecule has 4 nitrogen and oxygen atoms in total. The minimum atomic E-state index is -2.27. The molecule has 1 atom stereocenters. The predicted molar refractivity (Wildman–Crippen MR) is 67.4 cm³/mol. The Kier molecular flexibility index (Phi) is 5.34. The first-order chi connectivity index (χ1) is 9.95. The zero-order valence-corrected chi connectivity index (χ0v) is 12.1. The van der Waals surface area contributed by atoms with Crippen molar-refractivity contribution in [2.24, 2.45) is 5.73 Å². The fourth-order valence-corrected chi connectivity index (χ4v) is 1.56. The summed E-state index contributed by atoms with van der Waals surface area (Å²) in [7, 11) is 0. The zero-order chi connectivity index (χ0) is 17.2. The topological polar surface area (TPSA) is 64.3 Å². The van der Waals surface area contributed by atoms with E-state index in [0.29, 0.717) is 0 Å². The fraction of sp³-hybridized carbons (Fsp3) is 0.462. The number of benzene rings is 1. The van der Waals surface area contributed by atoms with Crippen LogP contribution in [0.1, 0.15) is 32.4 Å². The maximum absolute atomic E-state index is 13.5. The van der Waals surface area contributed by atoms with Crippen molar-refractivity contribution < 1.29 is 31.5 Å². The van der Waals surface area contributed by atoms with E-state index in [9.17, 15) is 26.7 Å². The van der Waals surface area contributed by atoms with Crippen LogP contribution >= 0.6 is 0 Å². The Morgan fingerprint density at radius 2 is 1.45 bits per heavy atom. The van der Waals surface area contributed by atoms with Crippen molar-refractivity contribution in [2.45, 2.75) is 32.4 Å². The molecule has 9 heteroatoms. The highest BCUT2D eigenvalue weighted by Gasteiger charge is 2.29. The summed E-state index contributed by atoms with van der Waals surface area (Å²) in [6, 6.07) is -1.64. The summed E-state index contributed by atoms with van der Waals surface area (Å²) in [4.78, 5) is 11.4. The average Bonchev–Trinajstić information content (AvgIpc) is 2.39. The summed E-state index contributed by atoms with van der Waals surface area (Å²) in [5, 5.41) is 2.09. The van der Waals surface area contributed by atoms with Gasteiger partial charge in [-0.3, -0.25) is 0 Å². The first kappa shape index (κ1) is 18.1. The SMILES string of the molecule is CC(C)(C)OC(=O)NCC(N)c1c(F)c(F)c(F)c(F)c1F. The van der Waals surface area contributed by atoms with Crippen molar-refractivity contribution in [3.63, 3.8) is 0 Å². The Labute approximate surface area is 123 Å². The lowest BCUT2D eigenvalue weighted by molar-refractivity contribution is 0.0524. The molecule has 1 unspecified atom stereocenters. The van der Waals surface area contributed by atoms with Crippen molar-refractivity contribution >= 4 is 6.09 Å². The third-order valence-electron chi connectivity index (χ3n) is 2.48. The normalized spacial score (nSPS) is 13.0. The van der Waals surface area contributed by atoms with Crippen LogP contribution in [-0.4, -0.2) is 18.2 Å². The largest absolute Gasteiger partial charge is 0.444 e. The summed E-state index contributed by atoms with van der Waals surface area (Å²) >= 11 is 0. The molecule has 1 aromatic rings. The molecule has 1 aromatic carbocycles. The van der Waals surface area contributed by atoms with Gasteiger partial charge in [0.1, 0.15) is 5.60 Å². The van der Waals surface area contributed by atoms with Gasteiger partial charge >= 0.3 is 6.09 Å². The second kappa shape index (κ2) is 6.47. The van der Waals surface area contributed by atoms with Gasteiger partial charge in [0.25, 0.3) is 0 Å². The monoisotopic (exact) mass is 326 g/mol. The van der Waals surface area contributed by atoms with Gasteiger partial charge in [-0.25, -0.2) is 26.7 Å². The molecule has 1 amide bonds. The molecule has 0 fully saturated rings. The number of rotatable bonds is 3. The highest BCUT2D eigenvalue weighted by molar-refractivity contribution is 5.67. The second-order valence-electron chi connectivity index (χ2n) is 5.47. The maximum Gasteiger partial charge on any atom is 0.407 e. The number of hydrogen-bond acceptors (Lipinski definition) is 3. The number of amides is 1. The third kappa shape index (κ3) is 4.06. The molecule has 0 saturated carbocycles. The van der Waals surface area contributed by atoms with Crippen molar-refractivity contribution in [3.05, 3.63) is 34.6 Å². The molecule has 0 aliphatic heterocycles. The molecule has 0 heterocycles. The molecule has 0 radical (unpaired) electrons. The molecule has 3 N–H and O–H groups in total. The molecule has 22 heavy (non-hydrogen) atoms. The number of ether oxygens (including phenoxy) is 1. The number of carbonyl (C=O) groups excluding carboxylic acids is 1. The molecule has 0 bridgehead atoms. The van der Waals surface area contributed by atoms with Crippen LogP contribution in [0.3, 0.4) is 0 Å². The lowest BCUT2D eigenvalue weighted by atomic mass is 10.1. The number of nitrogens with one attached hydrogen (secondary N) is 1. The Bertz CT molecular complexity index is 558. The van der Waals surface area contributed by atoms with Gasteiger partial charge in [0, 0.05) is 12.1 Å². The van der Waals surface area contributed by atoms with E-state index in [0.717, 1.165) is 0 Å². The van der Waals surface area contributed by atoms with Crippen LogP contribution in [0, 0.1) is 29.1 Å². The number of alkyl carbamates (subject to hydrolysis) is 1. The molecule has 0 saturated heterocycles. The van der Waals surface area contributed by atoms with Gasteiger partial charge in [0.15, 0.2) is 23.3 Å². The lowest BCUT2D eigenvalue weighted by Gasteiger charge is -2.21. The Balaban J connectivity index is 2.92. The van der Waals surface area contributed by atoms with Crippen LogP contribution in [-0.2, 0) is 4.74 Å². The summed E-state index contributed by atoms with van der Waals surface area (Å²) in [5.41, 5.74) is 3.37. The average molecular weight is 326 g/mol. The quantitative estimate of drug-likeness (QED) is 0.510. The molecular weight excluding hydrogens is 311 g/mol. The van der Waals surface area contributed by atoms with E-state index in [-0.39, 0.29) is 0 Å². The molecule has 0 aliphatic rings. The van der Waals surface area contributed by atoms with Gasteiger partial charge in [-0.15, -0.1) is 0 Å². The Hall–Kier alpha value is -1.90. The number of hydrogen-bond donors (Lipinski definition) is 2. The molecule has 0 aromatic heterocycles. The van der Waals surface area contributed by atoms with Crippen LogP contribution in [0.25, 0.3) is 0 Å². The minimum absolute atomic E-state index is 0.576. The lowest BCUT2D eigenvalue weighted by Crippen LogP contribution is -2.37. The first-order valence-electron chi connectivity index (χ1n) is 6.19. The van der Waals surface area contributed by atoms with Gasteiger partial charge in [-0.1, -0.05) is 0 Å². The van der Waals surface area contributed by atoms with E-state index < -0.39 is 58.9 Å². The number of nitrogens with two attached hydrogens (primary N) is 1. The third-order valence-corrected chi connectivity index (χ3v) is 2.48. The molecule has 124 valence electrons. The van der Waals surface area contributed by atoms with Crippen molar-refractivity contribution in [2.75, 3.05) is 6.54 Å². The molecule has 0 spiro atoms. The summed E-state index contributed by atoms with van der Waals surface area (Å²) in [5.74, 6) is -10.5. The summed E-state index contributed by atoms with van der Waals surface area (Å²) in [6.07, 6.45) is -0.938. The minimum Gasteiger partial charge on any atom is -0.444 e. The van der Waals surface area contributed by atoms with Crippen molar-refractivity contribution in [3.8, 4) is 0 Å². The summed E-state index contributed by atoms with van der Waals surface area (Å²) < 4.78 is 70.9. The zero-order valence-electron chi connectivity index (χ0n) is 12.1. The van der Waals surface area contributed by atoms with E-state index in [1.807, 2.05) is 0 Å². The Morgan fingerprint density at radius 1 is 1.05 bits per heavy atom. The van der Waals surface area contributed by atoms with Crippen molar-refractivity contribution in [1.82, 2.24) is 5.32 Å². The fourth-order valence-electron chi connectivity index (χ4n) is 1.56. The standard InChI is InChI=1S/C13H15F5N2O2/c1-13(2,3)22-12(21)20-4-5(19)6-7(14)9(16)11(18)10(17)8(6)15/h5H,4,19H2,1-3H3,(H,20,21). The van der Waals surface area contributed by atoms with E-state index in [1.54, 1.807) is 20.8 Å². The van der Waals surface area contributed by atoms with E-state index in [1.165, 1.54) is 0 Å². The van der Waals surface area contributed by atoms with E-state index in [2.05, 4.69) is 5.32 Å². The van der Waals surface area contributed by atoms with Gasteiger partial charge in [-0.05, 0) is 20.8 Å². The van der Waals surface area contributed by atoms with Crippen molar-refractivity contribution in [1.29, 1.82) is 0 Å². The molecule has 0 aliphatic carbocycles. The van der Waals surface area contributed by atoms with Gasteiger partial charge in [0.2, 0.25) is 5.82 Å². The second-order valence-corrected chi connectivity index (χ2v) is 5.47. The van der Waals surface area contributed by atoms with Gasteiger partial charge in [0.05, 0.1) is 6.04 Å². The first-order valence-corrected chi connectivity index (χ1v) is 6.19. The van der Waals surface area contributed by atoms with Crippen LogP contribution in [0.2, 0.25) is 0 Å². The molecule has 1 rings (SSSR count). The Morgan fingerprint density at radius 3 is 1.86 bits per heavy atom. The summed E-state index contributed by atoms with van der Waals surface area (Å²) in [6.45, 7) is 4.16. The number of halogens is 5. The molecular formula is C13H15F5N2O2. The smallest absolute Gasteiger partial charge is 0.407 e.